The van der Waals surface area contributed by atoms with Gasteiger partial charge in [0.2, 0.25) is 0 Å². The number of nitrogens with two attached hydrogens (primary N) is 2. The number of anilines is 1. The molecule has 0 unspecified atom stereocenters. The predicted octanol–water partition coefficient (Wildman–Crippen LogP) is 1.36. The van der Waals surface area contributed by atoms with Gasteiger partial charge in [0.1, 0.15) is 0 Å². The zero-order chi connectivity index (χ0) is 13.3. The Morgan fingerprint density at radius 2 is 1.83 bits per heavy atom. The maximum atomic E-state index is 12.4. The van der Waals surface area contributed by atoms with E-state index >= 15 is 0 Å². The Balaban J connectivity index is 2.32. The quantitative estimate of drug-likeness (QED) is 0.848. The predicted molar refractivity (Wildman–Crippen MR) is 71.7 cm³/mol. The van der Waals surface area contributed by atoms with Crippen LogP contribution in [0.2, 0.25) is 0 Å². The molecule has 6 heteroatoms. The zero-order valence-electron chi connectivity index (χ0n) is 10.4. The topological polar surface area (TPSA) is 89.4 Å². The van der Waals surface area contributed by atoms with E-state index in [0.717, 1.165) is 43.7 Å². The van der Waals surface area contributed by atoms with E-state index < -0.39 is 5.91 Å². The largest absolute Gasteiger partial charge is 0.390 e. The average molecular weight is 267 g/mol. The van der Waals surface area contributed by atoms with Crippen LogP contribution in [-0.2, 0) is 0 Å². The Kier molecular flexibility index (Phi) is 3.56. The third-order valence-corrected chi connectivity index (χ3v) is 4.39. The van der Waals surface area contributed by atoms with Crippen molar-refractivity contribution in [3.63, 3.8) is 0 Å². The van der Waals surface area contributed by atoms with Crippen molar-refractivity contribution in [2.45, 2.75) is 26.2 Å². The van der Waals surface area contributed by atoms with E-state index in [4.69, 9.17) is 11.5 Å². The normalized spacial score (nSPS) is 15.7. The molecule has 0 radical (unpaired) electrons. The lowest BCUT2D eigenvalue weighted by Gasteiger charge is -2.26. The van der Waals surface area contributed by atoms with Gasteiger partial charge in [0.25, 0.3) is 11.8 Å². The van der Waals surface area contributed by atoms with E-state index in [9.17, 15) is 9.59 Å². The van der Waals surface area contributed by atoms with Gasteiger partial charge in [-0.05, 0) is 31.7 Å². The van der Waals surface area contributed by atoms with Crippen LogP contribution in [0.3, 0.4) is 0 Å². The van der Waals surface area contributed by atoms with Gasteiger partial charge in [0, 0.05) is 13.1 Å². The van der Waals surface area contributed by atoms with E-state index in [0.29, 0.717) is 21.0 Å². The lowest BCUT2D eigenvalue weighted by Crippen LogP contribution is -2.36. The lowest BCUT2D eigenvalue weighted by atomic mass is 10.1. The maximum absolute atomic E-state index is 12.4. The summed E-state index contributed by atoms with van der Waals surface area (Å²) in [5.74, 6) is -0.602. The highest BCUT2D eigenvalue weighted by Crippen LogP contribution is 2.31. The van der Waals surface area contributed by atoms with Crippen molar-refractivity contribution in [1.82, 2.24) is 4.90 Å². The highest BCUT2D eigenvalue weighted by molar-refractivity contribution is 7.18. The van der Waals surface area contributed by atoms with Crippen molar-refractivity contribution in [3.8, 4) is 0 Å². The smallest absolute Gasteiger partial charge is 0.259 e. The van der Waals surface area contributed by atoms with Gasteiger partial charge in [-0.3, -0.25) is 9.59 Å². The molecule has 5 nitrogen and oxygen atoms in total. The molecule has 98 valence electrons. The number of rotatable bonds is 2. The maximum Gasteiger partial charge on any atom is 0.259 e. The third-order valence-electron chi connectivity index (χ3n) is 3.25. The summed E-state index contributed by atoms with van der Waals surface area (Å²) in [7, 11) is 0. The molecule has 1 aromatic rings. The molecular weight excluding hydrogens is 250 g/mol. The fourth-order valence-electron chi connectivity index (χ4n) is 2.29. The first-order valence-electron chi connectivity index (χ1n) is 6.00. The summed E-state index contributed by atoms with van der Waals surface area (Å²) in [5, 5.41) is 0.386. The van der Waals surface area contributed by atoms with Crippen LogP contribution in [0, 0.1) is 6.92 Å². The minimum atomic E-state index is -0.526. The van der Waals surface area contributed by atoms with Crippen molar-refractivity contribution in [1.29, 1.82) is 0 Å². The second-order valence-corrected chi connectivity index (χ2v) is 5.56. The Morgan fingerprint density at radius 3 is 2.33 bits per heavy atom. The number of carbonyl (C=O) groups excluding carboxylic acids is 2. The standard InChI is InChI=1S/C12H17N3O2S/c1-7-8(11(14)18-9(7)10(13)16)12(17)15-5-3-2-4-6-15/h2-6,14H2,1H3,(H2,13,16). The van der Waals surface area contributed by atoms with Gasteiger partial charge in [0.05, 0.1) is 15.4 Å². The summed E-state index contributed by atoms with van der Waals surface area (Å²) < 4.78 is 0. The van der Waals surface area contributed by atoms with E-state index in [2.05, 4.69) is 0 Å². The Morgan fingerprint density at radius 1 is 1.22 bits per heavy atom. The summed E-state index contributed by atoms with van der Waals surface area (Å²) in [6.45, 7) is 3.25. The number of carbonyl (C=O) groups is 2. The molecule has 0 spiro atoms. The number of amides is 2. The number of nitrogen functional groups attached to an aromatic ring is 1. The van der Waals surface area contributed by atoms with Gasteiger partial charge in [-0.15, -0.1) is 11.3 Å². The molecule has 0 saturated carbocycles. The van der Waals surface area contributed by atoms with Gasteiger partial charge < -0.3 is 16.4 Å². The molecule has 1 aromatic heterocycles. The van der Waals surface area contributed by atoms with E-state index in [-0.39, 0.29) is 5.91 Å². The second kappa shape index (κ2) is 4.97. The van der Waals surface area contributed by atoms with Crippen molar-refractivity contribution in [2.75, 3.05) is 18.8 Å². The number of piperidine rings is 1. The van der Waals surface area contributed by atoms with Gasteiger partial charge >= 0.3 is 0 Å². The van der Waals surface area contributed by atoms with Crippen molar-refractivity contribution < 1.29 is 9.59 Å². The molecule has 2 amide bonds. The van der Waals surface area contributed by atoms with Crippen LogP contribution in [0.4, 0.5) is 5.00 Å². The fourth-order valence-corrected chi connectivity index (χ4v) is 3.21. The number of thiophene rings is 1. The number of hydrogen-bond donors (Lipinski definition) is 2. The second-order valence-electron chi connectivity index (χ2n) is 4.51. The highest BCUT2D eigenvalue weighted by atomic mass is 32.1. The monoisotopic (exact) mass is 267 g/mol. The molecule has 4 N–H and O–H groups in total. The van der Waals surface area contributed by atoms with Crippen LogP contribution < -0.4 is 11.5 Å². The molecule has 0 aliphatic carbocycles. The molecule has 0 atom stereocenters. The Labute approximate surface area is 110 Å². The van der Waals surface area contributed by atoms with Gasteiger partial charge in [0.15, 0.2) is 0 Å². The Bertz CT molecular complexity index is 490. The van der Waals surface area contributed by atoms with Crippen LogP contribution in [-0.4, -0.2) is 29.8 Å². The SMILES string of the molecule is Cc1c(C(N)=O)sc(N)c1C(=O)N1CCCCC1. The first kappa shape index (κ1) is 12.9. The van der Waals surface area contributed by atoms with Crippen LogP contribution in [0.5, 0.6) is 0 Å². The molecule has 1 aliphatic heterocycles. The molecule has 2 rings (SSSR count). The molecule has 18 heavy (non-hydrogen) atoms. The molecule has 0 bridgehead atoms. The molecule has 1 fully saturated rings. The van der Waals surface area contributed by atoms with Gasteiger partial charge in [-0.25, -0.2) is 0 Å². The average Bonchev–Trinajstić information content (AvgIpc) is 2.65. The summed E-state index contributed by atoms with van der Waals surface area (Å²) in [4.78, 5) is 25.8. The molecule has 0 aromatic carbocycles. The van der Waals surface area contributed by atoms with Gasteiger partial charge in [-0.1, -0.05) is 0 Å². The number of hydrogen-bond acceptors (Lipinski definition) is 4. The van der Waals surface area contributed by atoms with Crippen molar-refractivity contribution >= 4 is 28.2 Å². The first-order chi connectivity index (χ1) is 8.52. The van der Waals surface area contributed by atoms with Crippen molar-refractivity contribution in [3.05, 3.63) is 16.0 Å². The van der Waals surface area contributed by atoms with E-state index in [1.165, 1.54) is 0 Å². The van der Waals surface area contributed by atoms with E-state index in [1.807, 2.05) is 0 Å². The van der Waals surface area contributed by atoms with Crippen LogP contribution in [0.25, 0.3) is 0 Å². The van der Waals surface area contributed by atoms with Crippen LogP contribution >= 0.6 is 11.3 Å². The lowest BCUT2D eigenvalue weighted by molar-refractivity contribution is 0.0725. The molecular formula is C12H17N3O2S. The summed E-state index contributed by atoms with van der Waals surface area (Å²) in [6.07, 6.45) is 3.21. The highest BCUT2D eigenvalue weighted by Gasteiger charge is 2.26. The third kappa shape index (κ3) is 2.20. The van der Waals surface area contributed by atoms with Gasteiger partial charge in [-0.2, -0.15) is 0 Å². The molecule has 1 aliphatic rings. The van der Waals surface area contributed by atoms with Crippen LogP contribution in [0.15, 0.2) is 0 Å². The molecule has 2 heterocycles. The fraction of sp³-hybridized carbons (Fsp3) is 0.500. The summed E-state index contributed by atoms with van der Waals surface area (Å²) in [5.41, 5.74) is 12.2. The number of primary amides is 1. The summed E-state index contributed by atoms with van der Waals surface area (Å²) in [6, 6.07) is 0. The van der Waals surface area contributed by atoms with E-state index in [1.54, 1.807) is 11.8 Å². The number of nitrogens with zero attached hydrogens (tertiary/aromatic N) is 1. The number of likely N-dealkylation sites (tertiary alicyclic amines) is 1. The minimum Gasteiger partial charge on any atom is -0.390 e. The minimum absolute atomic E-state index is 0.0755. The van der Waals surface area contributed by atoms with Crippen LogP contribution in [0.1, 0.15) is 44.9 Å². The van der Waals surface area contributed by atoms with Crippen molar-refractivity contribution in [2.24, 2.45) is 5.73 Å². The molecule has 1 saturated heterocycles. The zero-order valence-corrected chi connectivity index (χ0v) is 11.2. The summed E-state index contributed by atoms with van der Waals surface area (Å²) >= 11 is 1.10. The Hall–Kier alpha value is -1.56. The first-order valence-corrected chi connectivity index (χ1v) is 6.82.